The Bertz CT molecular complexity index is 1400. The summed E-state index contributed by atoms with van der Waals surface area (Å²) < 4.78 is 11.1. The number of carboxylic acid groups (broad SMARTS) is 1. The largest absolute Gasteiger partial charge is 0.489 e. The second kappa shape index (κ2) is 14.9. The molecule has 0 saturated heterocycles. The third kappa shape index (κ3) is 9.54. The fourth-order valence-corrected chi connectivity index (χ4v) is 4.14. The third-order valence-electron chi connectivity index (χ3n) is 6.33. The van der Waals surface area contributed by atoms with Crippen LogP contribution in [0.5, 0.6) is 5.75 Å². The van der Waals surface area contributed by atoms with Crippen LogP contribution in [0.1, 0.15) is 22.3 Å². The molecule has 0 aromatic heterocycles. The van der Waals surface area contributed by atoms with E-state index in [-0.39, 0.29) is 19.4 Å². The lowest BCUT2D eigenvalue weighted by Gasteiger charge is -2.22. The summed E-state index contributed by atoms with van der Waals surface area (Å²) in [4.78, 5) is 37.9. The van der Waals surface area contributed by atoms with Crippen LogP contribution in [0, 0.1) is 0 Å². The van der Waals surface area contributed by atoms with E-state index in [1.54, 1.807) is 24.3 Å². The number of carbonyl (C=O) groups is 3. The van der Waals surface area contributed by atoms with Crippen LogP contribution in [-0.2, 0) is 40.4 Å². The molecule has 0 aliphatic rings. The van der Waals surface area contributed by atoms with Crippen LogP contribution < -0.4 is 15.4 Å². The number of nitrogens with one attached hydrogen (secondary N) is 2. The Morgan fingerprint density at radius 1 is 0.585 bits per heavy atom. The van der Waals surface area contributed by atoms with Gasteiger partial charge in [-0.3, -0.25) is 4.79 Å². The molecule has 2 atom stereocenters. The van der Waals surface area contributed by atoms with Gasteiger partial charge in [-0.05, 0) is 34.4 Å². The van der Waals surface area contributed by atoms with Gasteiger partial charge in [-0.15, -0.1) is 0 Å². The van der Waals surface area contributed by atoms with Gasteiger partial charge >= 0.3 is 12.1 Å². The van der Waals surface area contributed by atoms with E-state index in [0.717, 1.165) is 16.7 Å². The zero-order chi connectivity index (χ0) is 28.9. The third-order valence-corrected chi connectivity index (χ3v) is 6.33. The molecule has 0 aliphatic carbocycles. The Balaban J connectivity index is 1.37. The van der Waals surface area contributed by atoms with Crippen molar-refractivity contribution in [2.75, 3.05) is 0 Å². The molecule has 41 heavy (non-hydrogen) atoms. The molecule has 4 aromatic carbocycles. The quantitative estimate of drug-likeness (QED) is 0.217. The average Bonchev–Trinajstić information content (AvgIpc) is 3.00. The first kappa shape index (κ1) is 28.9. The van der Waals surface area contributed by atoms with Crippen molar-refractivity contribution < 1.29 is 29.0 Å². The summed E-state index contributed by atoms with van der Waals surface area (Å²) in [5.41, 5.74) is 3.34. The first-order chi connectivity index (χ1) is 20.0. The average molecular weight is 553 g/mol. The number of hydrogen-bond acceptors (Lipinski definition) is 5. The lowest BCUT2D eigenvalue weighted by molar-refractivity contribution is -0.142. The van der Waals surface area contributed by atoms with Gasteiger partial charge in [0.2, 0.25) is 5.91 Å². The summed E-state index contributed by atoms with van der Waals surface area (Å²) in [5.74, 6) is -1.16. The minimum Gasteiger partial charge on any atom is -0.489 e. The lowest BCUT2D eigenvalue weighted by Crippen LogP contribution is -2.53. The predicted octanol–water partition coefficient (Wildman–Crippen LogP) is 4.92. The molecule has 0 heterocycles. The van der Waals surface area contributed by atoms with E-state index < -0.39 is 30.1 Å². The van der Waals surface area contributed by atoms with Crippen molar-refractivity contribution in [3.8, 4) is 5.75 Å². The Labute approximate surface area is 238 Å². The number of amides is 2. The molecule has 8 nitrogen and oxygen atoms in total. The van der Waals surface area contributed by atoms with Crippen molar-refractivity contribution >= 4 is 18.0 Å². The minimum absolute atomic E-state index is 0.0369. The van der Waals surface area contributed by atoms with Gasteiger partial charge in [-0.2, -0.15) is 0 Å². The molecule has 0 saturated carbocycles. The van der Waals surface area contributed by atoms with Gasteiger partial charge in [-0.25, -0.2) is 9.59 Å². The fraction of sp³-hybridized carbons (Fsp3) is 0.182. The molecule has 0 bridgehead atoms. The highest BCUT2D eigenvalue weighted by atomic mass is 16.5. The number of hydrogen-bond donors (Lipinski definition) is 3. The summed E-state index contributed by atoms with van der Waals surface area (Å²) >= 11 is 0. The van der Waals surface area contributed by atoms with Crippen molar-refractivity contribution in [1.29, 1.82) is 0 Å². The van der Waals surface area contributed by atoms with E-state index in [4.69, 9.17) is 9.47 Å². The smallest absolute Gasteiger partial charge is 0.408 e. The van der Waals surface area contributed by atoms with Crippen molar-refractivity contribution in [2.45, 2.75) is 38.1 Å². The van der Waals surface area contributed by atoms with Crippen LogP contribution in [-0.4, -0.2) is 35.2 Å². The second-order valence-electron chi connectivity index (χ2n) is 9.47. The normalized spacial score (nSPS) is 12.0. The zero-order valence-corrected chi connectivity index (χ0v) is 22.4. The van der Waals surface area contributed by atoms with Gasteiger partial charge in [0.1, 0.15) is 31.0 Å². The summed E-state index contributed by atoms with van der Waals surface area (Å²) in [6.45, 7) is 0.451. The van der Waals surface area contributed by atoms with Gasteiger partial charge in [0.15, 0.2) is 0 Å². The summed E-state index contributed by atoms with van der Waals surface area (Å²) in [6, 6.07) is 32.9. The van der Waals surface area contributed by atoms with Crippen molar-refractivity contribution in [2.24, 2.45) is 0 Å². The van der Waals surface area contributed by atoms with E-state index in [1.807, 2.05) is 91.0 Å². The maximum atomic E-state index is 13.3. The zero-order valence-electron chi connectivity index (χ0n) is 22.4. The number of alkyl carbamates (subject to hydrolysis) is 1. The SMILES string of the molecule is O=C(N[C@@H](Cc1ccccc1)C(=O)N[C@H](Cc1ccc(OCc2ccccc2)cc1)C(=O)O)OCc1ccccc1. The minimum atomic E-state index is -1.21. The van der Waals surface area contributed by atoms with Gasteiger partial charge in [0, 0.05) is 12.8 Å². The molecule has 3 N–H and O–H groups in total. The number of aliphatic carboxylic acids is 1. The van der Waals surface area contributed by atoms with Gasteiger partial charge in [0.25, 0.3) is 0 Å². The Morgan fingerprint density at radius 2 is 1.07 bits per heavy atom. The van der Waals surface area contributed by atoms with Crippen LogP contribution in [0.3, 0.4) is 0 Å². The molecule has 0 radical (unpaired) electrons. The monoisotopic (exact) mass is 552 g/mol. The molecule has 2 amide bonds. The fourth-order valence-electron chi connectivity index (χ4n) is 4.14. The van der Waals surface area contributed by atoms with E-state index in [0.29, 0.717) is 17.9 Å². The van der Waals surface area contributed by atoms with Gasteiger partial charge in [0.05, 0.1) is 0 Å². The van der Waals surface area contributed by atoms with Crippen molar-refractivity contribution in [1.82, 2.24) is 10.6 Å². The maximum absolute atomic E-state index is 13.3. The van der Waals surface area contributed by atoms with Crippen LogP contribution in [0.25, 0.3) is 0 Å². The highest BCUT2D eigenvalue weighted by Crippen LogP contribution is 2.16. The second-order valence-corrected chi connectivity index (χ2v) is 9.47. The molecule has 4 aromatic rings. The molecule has 210 valence electrons. The van der Waals surface area contributed by atoms with E-state index >= 15 is 0 Å². The highest BCUT2D eigenvalue weighted by molar-refractivity contribution is 5.89. The lowest BCUT2D eigenvalue weighted by atomic mass is 10.0. The van der Waals surface area contributed by atoms with Crippen LogP contribution >= 0.6 is 0 Å². The highest BCUT2D eigenvalue weighted by Gasteiger charge is 2.27. The summed E-state index contributed by atoms with van der Waals surface area (Å²) in [5, 5.41) is 15.0. The molecule has 0 spiro atoms. The first-order valence-electron chi connectivity index (χ1n) is 13.3. The first-order valence-corrected chi connectivity index (χ1v) is 13.3. The Hall–Kier alpha value is -5.11. The molecule has 0 fully saturated rings. The molecule has 8 heteroatoms. The van der Waals surface area contributed by atoms with Crippen LogP contribution in [0.4, 0.5) is 4.79 Å². The van der Waals surface area contributed by atoms with Gasteiger partial charge in [-0.1, -0.05) is 103 Å². The van der Waals surface area contributed by atoms with Gasteiger partial charge < -0.3 is 25.2 Å². The summed E-state index contributed by atoms with van der Waals surface area (Å²) in [6.07, 6.45) is -0.563. The van der Waals surface area contributed by atoms with Crippen molar-refractivity contribution in [3.05, 3.63) is 138 Å². The van der Waals surface area contributed by atoms with Crippen molar-refractivity contribution in [3.63, 3.8) is 0 Å². The topological polar surface area (TPSA) is 114 Å². The van der Waals surface area contributed by atoms with E-state index in [1.165, 1.54) is 0 Å². The Kier molecular flexibility index (Phi) is 10.5. The van der Waals surface area contributed by atoms with E-state index in [2.05, 4.69) is 10.6 Å². The Morgan fingerprint density at radius 3 is 1.63 bits per heavy atom. The maximum Gasteiger partial charge on any atom is 0.408 e. The number of carboxylic acids is 1. The number of rotatable bonds is 13. The molecular formula is C33H32N2O6. The van der Waals surface area contributed by atoms with Crippen LogP contribution in [0.2, 0.25) is 0 Å². The molecule has 0 aliphatic heterocycles. The molecule has 0 unspecified atom stereocenters. The number of ether oxygens (including phenoxy) is 2. The summed E-state index contributed by atoms with van der Waals surface area (Å²) in [7, 11) is 0. The van der Waals surface area contributed by atoms with E-state index in [9.17, 15) is 19.5 Å². The molecule has 4 rings (SSSR count). The standard InChI is InChI=1S/C33H32N2O6/c36-31(29(20-24-10-4-1-5-11-24)35-33(39)41-23-27-14-8-3-9-15-27)34-30(32(37)38)21-25-16-18-28(19-17-25)40-22-26-12-6-2-7-13-26/h1-19,29-30H,20-23H2,(H,34,36)(H,35,39)(H,37,38)/t29-,30+/m0/s1. The predicted molar refractivity (Wildman–Crippen MR) is 154 cm³/mol. The number of benzene rings is 4. The number of carbonyl (C=O) groups excluding carboxylic acids is 2. The molecular weight excluding hydrogens is 520 g/mol. The van der Waals surface area contributed by atoms with Crippen LogP contribution in [0.15, 0.2) is 115 Å².